The van der Waals surface area contributed by atoms with E-state index in [-0.39, 0.29) is 23.7 Å². The van der Waals surface area contributed by atoms with Gasteiger partial charge >= 0.3 is 0 Å². The van der Waals surface area contributed by atoms with E-state index in [0.29, 0.717) is 0 Å². The van der Waals surface area contributed by atoms with Gasteiger partial charge in [-0.15, -0.1) is 0 Å². The summed E-state index contributed by atoms with van der Waals surface area (Å²) >= 11 is 0. The first-order valence-corrected chi connectivity index (χ1v) is 18.7. The summed E-state index contributed by atoms with van der Waals surface area (Å²) in [4.78, 5) is 26.7. The van der Waals surface area contributed by atoms with E-state index in [1.165, 1.54) is 38.5 Å². The topological polar surface area (TPSA) is 89.4 Å². The number of nitrogens with zero attached hydrogens (tertiary/aromatic N) is 1. The van der Waals surface area contributed by atoms with Gasteiger partial charge in [0.15, 0.2) is 0 Å². The van der Waals surface area contributed by atoms with Crippen LogP contribution in [0, 0.1) is 22.7 Å². The van der Waals surface area contributed by atoms with Crippen molar-refractivity contribution in [1.82, 2.24) is 4.90 Å². The number of unbranched alkanes of at least 4 members (excludes halogenated alkanes) is 4. The Kier molecular flexibility index (Phi) is 20.4. The molecule has 0 aromatic carbocycles. The minimum absolute atomic E-state index is 0.219. The molecule has 0 aliphatic carbocycles. The second-order valence-electron chi connectivity index (χ2n) is 11.1. The van der Waals surface area contributed by atoms with Gasteiger partial charge in [-0.3, -0.25) is 9.59 Å². The Balaban J connectivity index is 4.84. The van der Waals surface area contributed by atoms with E-state index in [0.717, 1.165) is 48.9 Å². The minimum Gasteiger partial charge on any atom is -0.369 e. The van der Waals surface area contributed by atoms with Crippen molar-refractivity contribution in [2.24, 2.45) is 34.1 Å². The molecule has 0 heterocycles. The average molecular weight is 582 g/mol. The SMILES string of the molecule is CCCCCSSCC(CCN(C)CCC(CSSCCCCC)C(C)(C)C(N)=O)C(C)(C)C(N)=O. The summed E-state index contributed by atoms with van der Waals surface area (Å²) in [5, 5.41) is 0. The van der Waals surface area contributed by atoms with Gasteiger partial charge in [0.05, 0.1) is 0 Å². The molecular formula is C27H55N3O2S4. The molecule has 0 aliphatic heterocycles. The molecule has 5 nitrogen and oxygen atoms in total. The molecule has 0 rings (SSSR count). The van der Waals surface area contributed by atoms with Crippen molar-refractivity contribution >= 4 is 55.0 Å². The van der Waals surface area contributed by atoms with Crippen molar-refractivity contribution in [1.29, 1.82) is 0 Å². The molecule has 0 saturated heterocycles. The third-order valence-electron chi connectivity index (χ3n) is 7.40. The van der Waals surface area contributed by atoms with Gasteiger partial charge in [-0.05, 0) is 57.7 Å². The van der Waals surface area contributed by atoms with Gasteiger partial charge in [0, 0.05) is 33.8 Å². The fourth-order valence-electron chi connectivity index (χ4n) is 3.77. The van der Waals surface area contributed by atoms with Crippen LogP contribution in [-0.4, -0.2) is 59.9 Å². The Hall–Kier alpha value is 0.300. The highest BCUT2D eigenvalue weighted by molar-refractivity contribution is 8.77. The highest BCUT2D eigenvalue weighted by atomic mass is 33.1. The third-order valence-corrected chi connectivity index (χ3v) is 12.5. The predicted octanol–water partition coefficient (Wildman–Crippen LogP) is 7.10. The number of carbonyl (C=O) groups is 2. The van der Waals surface area contributed by atoms with Crippen LogP contribution in [0.5, 0.6) is 0 Å². The van der Waals surface area contributed by atoms with Crippen molar-refractivity contribution in [2.45, 2.75) is 92.9 Å². The molecule has 214 valence electrons. The average Bonchev–Trinajstić information content (AvgIpc) is 2.81. The summed E-state index contributed by atoms with van der Waals surface area (Å²) in [6.45, 7) is 14.2. The zero-order valence-electron chi connectivity index (χ0n) is 24.1. The number of amides is 2. The molecule has 0 bridgehead atoms. The smallest absolute Gasteiger partial charge is 0.223 e. The lowest BCUT2D eigenvalue weighted by Crippen LogP contribution is -2.42. The van der Waals surface area contributed by atoms with E-state index < -0.39 is 10.8 Å². The molecule has 0 radical (unpaired) electrons. The molecule has 36 heavy (non-hydrogen) atoms. The first-order valence-electron chi connectivity index (χ1n) is 13.7. The monoisotopic (exact) mass is 581 g/mol. The maximum absolute atomic E-state index is 12.2. The summed E-state index contributed by atoms with van der Waals surface area (Å²) in [6.07, 6.45) is 9.39. The van der Waals surface area contributed by atoms with Crippen LogP contribution in [0.2, 0.25) is 0 Å². The van der Waals surface area contributed by atoms with E-state index in [1.807, 2.05) is 70.9 Å². The molecule has 0 aromatic rings. The van der Waals surface area contributed by atoms with Crippen molar-refractivity contribution in [3.8, 4) is 0 Å². The Bertz CT molecular complexity index is 556. The number of nitrogens with two attached hydrogens (primary N) is 2. The second-order valence-corrected chi connectivity index (χ2v) is 16.3. The van der Waals surface area contributed by atoms with Crippen LogP contribution < -0.4 is 11.5 Å². The van der Waals surface area contributed by atoms with Crippen LogP contribution in [0.15, 0.2) is 0 Å². The summed E-state index contributed by atoms with van der Waals surface area (Å²) in [5.74, 6) is 4.21. The summed E-state index contributed by atoms with van der Waals surface area (Å²) in [6, 6.07) is 0. The molecule has 0 fully saturated rings. The van der Waals surface area contributed by atoms with E-state index in [9.17, 15) is 9.59 Å². The summed E-state index contributed by atoms with van der Waals surface area (Å²) in [7, 11) is 9.74. The number of hydrogen-bond donors (Lipinski definition) is 2. The lowest BCUT2D eigenvalue weighted by atomic mass is 9.77. The van der Waals surface area contributed by atoms with Crippen molar-refractivity contribution in [3.63, 3.8) is 0 Å². The zero-order valence-corrected chi connectivity index (χ0v) is 27.4. The Morgan fingerprint density at radius 2 is 1.06 bits per heavy atom. The molecule has 2 atom stereocenters. The summed E-state index contributed by atoms with van der Waals surface area (Å²) in [5.41, 5.74) is 10.5. The number of rotatable bonds is 24. The molecule has 2 amide bonds. The number of primary amides is 2. The highest BCUT2D eigenvalue weighted by Gasteiger charge is 2.36. The lowest BCUT2D eigenvalue weighted by molar-refractivity contribution is -0.129. The molecule has 4 N–H and O–H groups in total. The maximum atomic E-state index is 12.2. The minimum atomic E-state index is -0.528. The maximum Gasteiger partial charge on any atom is 0.223 e. The molecule has 0 aromatic heterocycles. The first kappa shape index (κ1) is 36.3. The predicted molar refractivity (Wildman–Crippen MR) is 169 cm³/mol. The van der Waals surface area contributed by atoms with Gasteiger partial charge in [-0.2, -0.15) is 0 Å². The summed E-state index contributed by atoms with van der Waals surface area (Å²) < 4.78 is 0. The van der Waals surface area contributed by atoms with Crippen LogP contribution in [0.3, 0.4) is 0 Å². The Morgan fingerprint density at radius 1 is 0.694 bits per heavy atom. The van der Waals surface area contributed by atoms with Crippen LogP contribution in [-0.2, 0) is 9.59 Å². The fourth-order valence-corrected chi connectivity index (χ4v) is 9.32. The van der Waals surface area contributed by atoms with Crippen molar-refractivity contribution in [3.05, 3.63) is 0 Å². The van der Waals surface area contributed by atoms with Gasteiger partial charge in [0.2, 0.25) is 11.8 Å². The van der Waals surface area contributed by atoms with E-state index in [4.69, 9.17) is 11.5 Å². The fraction of sp³-hybridized carbons (Fsp3) is 0.926. The number of carbonyl (C=O) groups excluding carboxylic acids is 2. The van der Waals surface area contributed by atoms with Crippen LogP contribution >= 0.6 is 43.2 Å². The van der Waals surface area contributed by atoms with Gasteiger partial charge in [-0.1, -0.05) is 110 Å². The second kappa shape index (κ2) is 20.2. The Labute approximate surface area is 238 Å². The normalized spacial score (nSPS) is 14.2. The first-order chi connectivity index (χ1) is 16.9. The molecule has 9 heteroatoms. The van der Waals surface area contributed by atoms with Gasteiger partial charge < -0.3 is 16.4 Å². The molecule has 0 spiro atoms. The number of hydrogen-bond acceptors (Lipinski definition) is 7. The van der Waals surface area contributed by atoms with E-state index in [2.05, 4.69) is 25.8 Å². The lowest BCUT2D eigenvalue weighted by Gasteiger charge is -2.34. The molecule has 0 saturated carbocycles. The van der Waals surface area contributed by atoms with Gasteiger partial charge in [0.1, 0.15) is 0 Å². The van der Waals surface area contributed by atoms with Gasteiger partial charge in [-0.25, -0.2) is 0 Å². The molecule has 2 unspecified atom stereocenters. The standard InChI is InChI=1S/C27H55N3O2S4/c1-8-10-12-18-33-35-20-22(26(3,4)24(28)31)14-16-30(7)17-15-23(27(5,6)25(29)32)21-36-34-19-13-11-9-2/h22-23H,8-21H2,1-7H3,(H2,28,31)(H2,29,32). The zero-order chi connectivity index (χ0) is 27.6. The molecule has 0 aliphatic rings. The van der Waals surface area contributed by atoms with Gasteiger partial charge in [0.25, 0.3) is 0 Å². The largest absolute Gasteiger partial charge is 0.369 e. The van der Waals surface area contributed by atoms with Crippen LogP contribution in [0.1, 0.15) is 92.9 Å². The van der Waals surface area contributed by atoms with Crippen LogP contribution in [0.25, 0.3) is 0 Å². The van der Waals surface area contributed by atoms with E-state index in [1.54, 1.807) is 0 Å². The highest BCUT2D eigenvalue weighted by Crippen LogP contribution is 2.38. The quantitative estimate of drug-likeness (QED) is 0.0928. The van der Waals surface area contributed by atoms with Crippen molar-refractivity contribution < 1.29 is 9.59 Å². The van der Waals surface area contributed by atoms with Crippen molar-refractivity contribution in [2.75, 3.05) is 43.1 Å². The third kappa shape index (κ3) is 15.0. The Morgan fingerprint density at radius 3 is 1.36 bits per heavy atom. The molecular weight excluding hydrogens is 527 g/mol. The van der Waals surface area contributed by atoms with Crippen LogP contribution in [0.4, 0.5) is 0 Å². The van der Waals surface area contributed by atoms with E-state index >= 15 is 0 Å².